The van der Waals surface area contributed by atoms with Crippen LogP contribution in [-0.4, -0.2) is 28.1 Å². The Morgan fingerprint density at radius 2 is 1.81 bits per heavy atom. The Bertz CT molecular complexity index is 570. The van der Waals surface area contributed by atoms with Gasteiger partial charge in [-0.2, -0.15) is 0 Å². The van der Waals surface area contributed by atoms with E-state index in [1.807, 2.05) is 13.8 Å². The molecule has 0 aliphatic heterocycles. The Balaban J connectivity index is 2.39. The number of esters is 1. The van der Waals surface area contributed by atoms with Crippen molar-refractivity contribution in [1.29, 1.82) is 0 Å². The molecule has 0 radical (unpaired) electrons. The normalized spacial score (nSPS) is 21.3. The van der Waals surface area contributed by atoms with E-state index in [0.717, 1.165) is 43.0 Å². The number of carbonyl (C=O) groups excluding carboxylic acids is 3. The molecule has 0 amide bonds. The van der Waals surface area contributed by atoms with Gasteiger partial charge in [-0.15, -0.1) is 0 Å². The number of allylic oxidation sites excluding steroid dienone is 2. The van der Waals surface area contributed by atoms with Gasteiger partial charge in [0.05, 0.1) is 6.10 Å². The average molecular weight is 547 g/mol. The number of Topliss-reactive ketones (excluding diaryl/α,β-unsaturated/α-hetero) is 2. The monoisotopic (exact) mass is 546 g/mol. The SMILES string of the molecule is CCCCCCCC(=O)CC[C@H]1C(CI)CC(=O)C1C/C=C\CCCC(=O)OC(C)C. The molecule has 0 heterocycles. The summed E-state index contributed by atoms with van der Waals surface area (Å²) in [6.07, 6.45) is 15.6. The molecule has 0 saturated heterocycles. The van der Waals surface area contributed by atoms with Crippen molar-refractivity contribution < 1.29 is 19.1 Å². The first-order chi connectivity index (χ1) is 14.9. The van der Waals surface area contributed by atoms with Crippen LogP contribution in [0, 0.1) is 17.8 Å². The van der Waals surface area contributed by atoms with E-state index in [-0.39, 0.29) is 18.0 Å². The Hall–Kier alpha value is -0.720. The lowest BCUT2D eigenvalue weighted by Gasteiger charge is -2.21. The van der Waals surface area contributed by atoms with E-state index in [1.54, 1.807) is 0 Å². The van der Waals surface area contributed by atoms with Gasteiger partial charge in [-0.1, -0.05) is 67.3 Å². The summed E-state index contributed by atoms with van der Waals surface area (Å²) >= 11 is 2.39. The van der Waals surface area contributed by atoms with E-state index in [2.05, 4.69) is 41.7 Å². The highest BCUT2D eigenvalue weighted by atomic mass is 127. The van der Waals surface area contributed by atoms with Gasteiger partial charge in [-0.25, -0.2) is 0 Å². The standard InChI is InChI=1S/C26H43IO4/c1-4-5-6-7-10-13-22(28)16-17-23-21(19-27)18-25(29)24(23)14-11-8-9-12-15-26(30)31-20(2)3/h8,11,20-21,23-24H,4-7,9-10,12-19H2,1-3H3/b11-8-/t21?,23-,24?/m0/s1. The summed E-state index contributed by atoms with van der Waals surface area (Å²) < 4.78 is 6.13. The van der Waals surface area contributed by atoms with Crippen molar-refractivity contribution in [1.82, 2.24) is 0 Å². The maximum absolute atomic E-state index is 12.6. The first kappa shape index (κ1) is 28.3. The molecule has 0 bridgehead atoms. The van der Waals surface area contributed by atoms with Gasteiger partial charge in [0.2, 0.25) is 0 Å². The van der Waals surface area contributed by atoms with Crippen LogP contribution in [0.25, 0.3) is 0 Å². The first-order valence-corrected chi connectivity index (χ1v) is 13.9. The molecule has 3 atom stereocenters. The number of hydrogen-bond acceptors (Lipinski definition) is 4. The summed E-state index contributed by atoms with van der Waals surface area (Å²) in [4.78, 5) is 36.5. The van der Waals surface area contributed by atoms with E-state index >= 15 is 0 Å². The summed E-state index contributed by atoms with van der Waals surface area (Å²) in [5.41, 5.74) is 0. The van der Waals surface area contributed by atoms with Gasteiger partial charge < -0.3 is 4.74 Å². The van der Waals surface area contributed by atoms with Crippen LogP contribution < -0.4 is 0 Å². The van der Waals surface area contributed by atoms with Gasteiger partial charge in [-0.3, -0.25) is 14.4 Å². The average Bonchev–Trinajstić information content (AvgIpc) is 3.02. The molecule has 0 N–H and O–H groups in total. The molecule has 1 fully saturated rings. The quantitative estimate of drug-likeness (QED) is 0.0647. The number of alkyl halides is 1. The third-order valence-electron chi connectivity index (χ3n) is 6.19. The molecule has 4 nitrogen and oxygen atoms in total. The van der Waals surface area contributed by atoms with Crippen molar-refractivity contribution in [3.63, 3.8) is 0 Å². The topological polar surface area (TPSA) is 60.4 Å². The fourth-order valence-electron chi connectivity index (χ4n) is 4.47. The molecule has 1 aliphatic rings. The van der Waals surface area contributed by atoms with Gasteiger partial charge in [-0.05, 0) is 57.8 Å². The van der Waals surface area contributed by atoms with Gasteiger partial charge in [0.15, 0.2) is 0 Å². The maximum Gasteiger partial charge on any atom is 0.306 e. The Morgan fingerprint density at radius 1 is 1.06 bits per heavy atom. The van der Waals surface area contributed by atoms with Crippen LogP contribution in [0.1, 0.15) is 104 Å². The van der Waals surface area contributed by atoms with Crippen LogP contribution in [0.2, 0.25) is 0 Å². The van der Waals surface area contributed by atoms with Gasteiger partial charge >= 0.3 is 5.97 Å². The fraction of sp³-hybridized carbons (Fsp3) is 0.808. The minimum Gasteiger partial charge on any atom is -0.463 e. The molecule has 2 unspecified atom stereocenters. The summed E-state index contributed by atoms with van der Waals surface area (Å²) in [7, 11) is 0. The highest BCUT2D eigenvalue weighted by Gasteiger charge is 2.40. The molecule has 178 valence electrons. The molecule has 0 aromatic rings. The van der Waals surface area contributed by atoms with Crippen molar-refractivity contribution in [3.8, 4) is 0 Å². The van der Waals surface area contributed by atoms with Crippen LogP contribution in [-0.2, 0) is 19.1 Å². The smallest absolute Gasteiger partial charge is 0.306 e. The number of carbonyl (C=O) groups is 3. The summed E-state index contributed by atoms with van der Waals surface area (Å²) in [5, 5.41) is 0. The molecule has 1 saturated carbocycles. The molecular weight excluding hydrogens is 503 g/mol. The lowest BCUT2D eigenvalue weighted by atomic mass is 9.83. The van der Waals surface area contributed by atoms with E-state index in [9.17, 15) is 14.4 Å². The van der Waals surface area contributed by atoms with Gasteiger partial charge in [0, 0.05) is 36.0 Å². The van der Waals surface area contributed by atoms with Crippen molar-refractivity contribution in [2.24, 2.45) is 17.8 Å². The van der Waals surface area contributed by atoms with E-state index < -0.39 is 0 Å². The molecule has 0 aromatic carbocycles. The van der Waals surface area contributed by atoms with Crippen molar-refractivity contribution in [3.05, 3.63) is 12.2 Å². The van der Waals surface area contributed by atoms with Crippen LogP contribution in [0.5, 0.6) is 0 Å². The van der Waals surface area contributed by atoms with Crippen LogP contribution in [0.4, 0.5) is 0 Å². The highest BCUT2D eigenvalue weighted by molar-refractivity contribution is 14.1. The number of rotatable bonds is 17. The van der Waals surface area contributed by atoms with Crippen LogP contribution in [0.3, 0.4) is 0 Å². The largest absolute Gasteiger partial charge is 0.463 e. The van der Waals surface area contributed by atoms with Gasteiger partial charge in [0.25, 0.3) is 0 Å². The lowest BCUT2D eigenvalue weighted by Crippen LogP contribution is -2.19. The highest BCUT2D eigenvalue weighted by Crippen LogP contribution is 2.40. The number of ether oxygens (including phenoxy) is 1. The zero-order chi connectivity index (χ0) is 23.1. The lowest BCUT2D eigenvalue weighted by molar-refractivity contribution is -0.147. The summed E-state index contributed by atoms with van der Waals surface area (Å²) in [6.45, 7) is 5.92. The molecular formula is C26H43IO4. The number of halogens is 1. The third-order valence-corrected chi connectivity index (χ3v) is 7.32. The molecule has 5 heteroatoms. The summed E-state index contributed by atoms with van der Waals surface area (Å²) in [5.74, 6) is 1.39. The first-order valence-electron chi connectivity index (χ1n) is 12.3. The minimum absolute atomic E-state index is 0.0549. The van der Waals surface area contributed by atoms with Gasteiger partial charge in [0.1, 0.15) is 11.6 Å². The van der Waals surface area contributed by atoms with Crippen molar-refractivity contribution in [2.75, 3.05) is 4.43 Å². The van der Waals surface area contributed by atoms with Crippen molar-refractivity contribution >= 4 is 40.1 Å². The predicted octanol–water partition coefficient (Wildman–Crippen LogP) is 7.02. The zero-order valence-electron chi connectivity index (χ0n) is 19.9. The van der Waals surface area contributed by atoms with Crippen molar-refractivity contribution in [2.45, 2.75) is 110 Å². The molecule has 31 heavy (non-hydrogen) atoms. The second-order valence-corrected chi connectivity index (χ2v) is 10.1. The van der Waals surface area contributed by atoms with Crippen LogP contribution in [0.15, 0.2) is 12.2 Å². The number of unbranched alkanes of at least 4 members (excludes halogenated alkanes) is 5. The third kappa shape index (κ3) is 12.2. The maximum atomic E-state index is 12.6. The fourth-order valence-corrected chi connectivity index (χ4v) is 5.43. The van der Waals surface area contributed by atoms with E-state index in [1.165, 1.54) is 19.3 Å². The zero-order valence-corrected chi connectivity index (χ0v) is 22.0. The molecule has 0 spiro atoms. The second-order valence-electron chi connectivity index (χ2n) is 9.23. The molecule has 1 aliphatic carbocycles. The Labute approximate surface area is 203 Å². The predicted molar refractivity (Wildman–Crippen MR) is 135 cm³/mol. The van der Waals surface area contributed by atoms with Crippen LogP contribution >= 0.6 is 22.6 Å². The molecule has 1 rings (SSSR count). The van der Waals surface area contributed by atoms with E-state index in [0.29, 0.717) is 49.1 Å². The number of hydrogen-bond donors (Lipinski definition) is 0. The minimum atomic E-state index is -0.144. The number of ketones is 2. The molecule has 0 aromatic heterocycles. The Morgan fingerprint density at radius 3 is 2.48 bits per heavy atom. The van der Waals surface area contributed by atoms with E-state index in [4.69, 9.17) is 4.74 Å². The summed E-state index contributed by atoms with van der Waals surface area (Å²) in [6, 6.07) is 0. The second kappa shape index (κ2) is 16.8. The Kier molecular flexibility index (Phi) is 15.4.